The smallest absolute Gasteiger partial charge is 0.410 e. The number of rotatable bonds is 0. The van der Waals surface area contributed by atoms with Crippen molar-refractivity contribution in [2.45, 2.75) is 45.3 Å². The number of halogens is 1. The molecule has 1 aromatic rings. The molecule has 2 bridgehead atoms. The molecule has 1 saturated heterocycles. The minimum absolute atomic E-state index is 0.125. The molecule has 2 atom stereocenters. The van der Waals surface area contributed by atoms with E-state index >= 15 is 0 Å². The summed E-state index contributed by atoms with van der Waals surface area (Å²) in [5.74, 6) is 0.444. The number of aromatic nitrogens is 1. The van der Waals surface area contributed by atoms with Crippen LogP contribution in [0, 0.1) is 5.92 Å². The lowest BCUT2D eigenvalue weighted by Crippen LogP contribution is -2.50. The van der Waals surface area contributed by atoms with Crippen molar-refractivity contribution in [2.24, 2.45) is 5.92 Å². The van der Waals surface area contributed by atoms with Crippen LogP contribution in [0.1, 0.15) is 38.8 Å². The number of pyridine rings is 1. The van der Waals surface area contributed by atoms with Crippen molar-refractivity contribution < 1.29 is 9.53 Å². The normalized spacial score (nSPS) is 23.9. The van der Waals surface area contributed by atoms with E-state index in [1.807, 2.05) is 26.8 Å². The zero-order valence-electron chi connectivity index (χ0n) is 13.1. The van der Waals surface area contributed by atoms with Crippen LogP contribution in [0.2, 0.25) is 5.02 Å². The molecular weight excluding hydrogens is 304 g/mol. The molecule has 0 aliphatic carbocycles. The second-order valence-electron chi connectivity index (χ2n) is 7.21. The van der Waals surface area contributed by atoms with Crippen LogP contribution < -0.4 is 5.56 Å². The van der Waals surface area contributed by atoms with Gasteiger partial charge in [-0.3, -0.25) is 4.79 Å². The molecular formula is C16H21ClN2O3. The number of nitrogens with zero attached hydrogens (tertiary/aromatic N) is 2. The minimum Gasteiger partial charge on any atom is -0.444 e. The summed E-state index contributed by atoms with van der Waals surface area (Å²) in [4.78, 5) is 26.2. The van der Waals surface area contributed by atoms with Gasteiger partial charge in [-0.1, -0.05) is 11.6 Å². The second kappa shape index (κ2) is 5.30. The Bertz CT molecular complexity index is 662. The van der Waals surface area contributed by atoms with Gasteiger partial charge in [-0.15, -0.1) is 0 Å². The highest BCUT2D eigenvalue weighted by molar-refractivity contribution is 6.30. The van der Waals surface area contributed by atoms with Crippen LogP contribution in [0.5, 0.6) is 0 Å². The van der Waals surface area contributed by atoms with E-state index in [1.165, 1.54) is 0 Å². The minimum atomic E-state index is -0.494. The molecule has 1 fully saturated rings. The quantitative estimate of drug-likeness (QED) is 0.737. The van der Waals surface area contributed by atoms with Crippen LogP contribution in [-0.2, 0) is 11.3 Å². The first-order valence-corrected chi connectivity index (χ1v) is 7.99. The maximum atomic E-state index is 12.3. The summed E-state index contributed by atoms with van der Waals surface area (Å²) in [5, 5.41) is 0.257. The zero-order chi connectivity index (χ0) is 16.1. The molecule has 0 N–H and O–H groups in total. The molecule has 2 aliphatic rings. The number of hydrogen-bond acceptors (Lipinski definition) is 3. The highest BCUT2D eigenvalue weighted by atomic mass is 35.5. The predicted molar refractivity (Wildman–Crippen MR) is 84.4 cm³/mol. The molecule has 22 heavy (non-hydrogen) atoms. The maximum Gasteiger partial charge on any atom is 0.410 e. The van der Waals surface area contributed by atoms with E-state index in [9.17, 15) is 9.59 Å². The van der Waals surface area contributed by atoms with Crippen molar-refractivity contribution in [1.29, 1.82) is 0 Å². The summed E-state index contributed by atoms with van der Waals surface area (Å²) in [5.41, 5.74) is 0.352. The molecule has 6 heteroatoms. The number of fused-ring (bicyclic) bond motifs is 4. The molecule has 120 valence electrons. The van der Waals surface area contributed by atoms with Gasteiger partial charge in [0.15, 0.2) is 0 Å². The number of hydrogen-bond donors (Lipinski definition) is 0. The van der Waals surface area contributed by atoms with Crippen molar-refractivity contribution in [2.75, 3.05) is 13.1 Å². The summed E-state index contributed by atoms with van der Waals surface area (Å²) in [6.07, 6.45) is 0.729. The van der Waals surface area contributed by atoms with Crippen molar-refractivity contribution in [3.8, 4) is 0 Å². The monoisotopic (exact) mass is 324 g/mol. The molecule has 0 aromatic carbocycles. The average molecular weight is 325 g/mol. The standard InChI is InChI=1S/C16H21ClN2O3/c1-16(2,3)22-15(21)18-7-10-6-11(9-18)13-5-4-12(17)14(20)19(13)8-10/h4-5,10-11H,6-9H2,1-3H3. The fraction of sp³-hybridized carbons (Fsp3) is 0.625. The van der Waals surface area contributed by atoms with E-state index in [-0.39, 0.29) is 28.5 Å². The van der Waals surface area contributed by atoms with E-state index < -0.39 is 5.60 Å². The lowest BCUT2D eigenvalue weighted by Gasteiger charge is -2.42. The van der Waals surface area contributed by atoms with E-state index in [0.717, 1.165) is 12.1 Å². The van der Waals surface area contributed by atoms with Gasteiger partial charge in [0.05, 0.1) is 0 Å². The fourth-order valence-electron chi connectivity index (χ4n) is 3.39. The zero-order valence-corrected chi connectivity index (χ0v) is 13.9. The molecule has 3 heterocycles. The Morgan fingerprint density at radius 2 is 2.00 bits per heavy atom. The van der Waals surface area contributed by atoms with Crippen LogP contribution >= 0.6 is 11.6 Å². The predicted octanol–water partition coefficient (Wildman–Crippen LogP) is 2.86. The van der Waals surface area contributed by atoms with E-state index in [1.54, 1.807) is 15.5 Å². The number of piperidine rings is 1. The van der Waals surface area contributed by atoms with Crippen LogP contribution in [0.15, 0.2) is 16.9 Å². The number of carbonyl (C=O) groups is 1. The van der Waals surface area contributed by atoms with E-state index in [0.29, 0.717) is 19.6 Å². The Morgan fingerprint density at radius 3 is 2.68 bits per heavy atom. The number of likely N-dealkylation sites (tertiary alicyclic amines) is 1. The lowest BCUT2D eigenvalue weighted by atomic mass is 9.83. The highest BCUT2D eigenvalue weighted by Gasteiger charge is 2.37. The first kappa shape index (κ1) is 15.4. The summed E-state index contributed by atoms with van der Waals surface area (Å²) in [6, 6.07) is 3.56. The van der Waals surface area contributed by atoms with Crippen LogP contribution in [0.3, 0.4) is 0 Å². The van der Waals surface area contributed by atoms with Crippen molar-refractivity contribution in [3.05, 3.63) is 33.2 Å². The Hall–Kier alpha value is -1.49. The highest BCUT2D eigenvalue weighted by Crippen LogP contribution is 2.35. The SMILES string of the molecule is CC(C)(C)OC(=O)N1CC2CC(C1)c1ccc(Cl)c(=O)n1C2. The van der Waals surface area contributed by atoms with Crippen LogP contribution in [-0.4, -0.2) is 34.3 Å². The summed E-state index contributed by atoms with van der Waals surface area (Å²) in [6.45, 7) is 7.44. The van der Waals surface area contributed by atoms with Gasteiger partial charge in [0.25, 0.3) is 5.56 Å². The molecule has 0 spiro atoms. The third-order valence-electron chi connectivity index (χ3n) is 4.21. The second-order valence-corrected chi connectivity index (χ2v) is 7.61. The molecule has 0 radical (unpaired) electrons. The third-order valence-corrected chi connectivity index (χ3v) is 4.50. The van der Waals surface area contributed by atoms with Gasteiger partial charge < -0.3 is 14.2 Å². The van der Waals surface area contributed by atoms with Crippen molar-refractivity contribution >= 4 is 17.7 Å². The van der Waals surface area contributed by atoms with Gasteiger partial charge in [-0.2, -0.15) is 0 Å². The van der Waals surface area contributed by atoms with Gasteiger partial charge in [0, 0.05) is 31.2 Å². The maximum absolute atomic E-state index is 12.3. The average Bonchev–Trinajstić information content (AvgIpc) is 2.41. The Morgan fingerprint density at radius 1 is 1.27 bits per heavy atom. The number of amides is 1. The molecule has 2 unspecified atom stereocenters. The molecule has 1 aromatic heterocycles. The summed E-state index contributed by atoms with van der Waals surface area (Å²) in [7, 11) is 0. The first-order valence-electron chi connectivity index (χ1n) is 7.62. The van der Waals surface area contributed by atoms with E-state index in [2.05, 4.69) is 0 Å². The topological polar surface area (TPSA) is 51.5 Å². The largest absolute Gasteiger partial charge is 0.444 e. The van der Waals surface area contributed by atoms with E-state index in [4.69, 9.17) is 16.3 Å². The van der Waals surface area contributed by atoms with Crippen molar-refractivity contribution in [3.63, 3.8) is 0 Å². The van der Waals surface area contributed by atoms with Crippen LogP contribution in [0.4, 0.5) is 4.79 Å². The molecule has 1 amide bonds. The lowest BCUT2D eigenvalue weighted by molar-refractivity contribution is 0.0102. The summed E-state index contributed by atoms with van der Waals surface area (Å²) < 4.78 is 7.24. The first-order chi connectivity index (χ1) is 10.2. The van der Waals surface area contributed by atoms with Crippen LogP contribution in [0.25, 0.3) is 0 Å². The number of ether oxygens (including phenoxy) is 1. The third kappa shape index (κ3) is 2.86. The fourth-order valence-corrected chi connectivity index (χ4v) is 3.56. The summed E-state index contributed by atoms with van der Waals surface area (Å²) >= 11 is 5.94. The van der Waals surface area contributed by atoms with Gasteiger partial charge in [0.2, 0.25) is 0 Å². The Balaban J connectivity index is 1.84. The van der Waals surface area contributed by atoms with Gasteiger partial charge in [0.1, 0.15) is 10.6 Å². The van der Waals surface area contributed by atoms with Crippen molar-refractivity contribution in [1.82, 2.24) is 9.47 Å². The number of carbonyl (C=O) groups excluding carboxylic acids is 1. The Kier molecular flexibility index (Phi) is 3.71. The molecule has 5 nitrogen and oxygen atoms in total. The Labute approximate surface area is 134 Å². The van der Waals surface area contributed by atoms with Gasteiger partial charge in [-0.25, -0.2) is 4.79 Å². The van der Waals surface area contributed by atoms with Gasteiger partial charge >= 0.3 is 6.09 Å². The molecule has 0 saturated carbocycles. The van der Waals surface area contributed by atoms with Gasteiger partial charge in [-0.05, 0) is 45.2 Å². The molecule has 3 rings (SSSR count). The molecule has 2 aliphatic heterocycles.